The lowest BCUT2D eigenvalue weighted by molar-refractivity contribution is -0.131. The van der Waals surface area contributed by atoms with Gasteiger partial charge < -0.3 is 15.5 Å². The van der Waals surface area contributed by atoms with Gasteiger partial charge in [0.1, 0.15) is 6.04 Å². The number of carbonyl (C=O) groups is 2. The summed E-state index contributed by atoms with van der Waals surface area (Å²) in [6, 6.07) is 3.73. The van der Waals surface area contributed by atoms with E-state index in [2.05, 4.69) is 20.6 Å². The van der Waals surface area contributed by atoms with Crippen molar-refractivity contribution in [2.24, 2.45) is 5.92 Å². The van der Waals surface area contributed by atoms with Crippen LogP contribution in [0.1, 0.15) is 24.4 Å². The van der Waals surface area contributed by atoms with Gasteiger partial charge in [0, 0.05) is 32.5 Å². The lowest BCUT2D eigenvalue weighted by atomic mass is 9.96. The molecule has 1 saturated heterocycles. The molecule has 0 bridgehead atoms. The average Bonchev–Trinajstić information content (AvgIpc) is 2.74. The van der Waals surface area contributed by atoms with Crippen molar-refractivity contribution in [2.45, 2.75) is 18.9 Å². The maximum Gasteiger partial charge on any atom is 0.246 e. The highest BCUT2D eigenvalue weighted by Crippen LogP contribution is 2.22. The van der Waals surface area contributed by atoms with Gasteiger partial charge in [-0.2, -0.15) is 0 Å². The van der Waals surface area contributed by atoms with E-state index in [9.17, 15) is 18.4 Å². The van der Waals surface area contributed by atoms with Crippen LogP contribution >= 0.6 is 0 Å². The summed E-state index contributed by atoms with van der Waals surface area (Å²) in [5.41, 5.74) is 0.172. The number of anilines is 1. The number of hydrogen-bond donors (Lipinski definition) is 2. The zero-order chi connectivity index (χ0) is 20.1. The SMILES string of the molecule is CNC(=O)C(NC(=O)C1CCCN(c2ncccn2)C1)c1ccc(F)c(F)c1. The third-order valence-electron chi connectivity index (χ3n) is 4.70. The van der Waals surface area contributed by atoms with Gasteiger partial charge in [-0.3, -0.25) is 9.59 Å². The number of aromatic nitrogens is 2. The maximum atomic E-state index is 13.6. The third-order valence-corrected chi connectivity index (χ3v) is 4.70. The lowest BCUT2D eigenvalue weighted by Crippen LogP contribution is -2.47. The molecular weight excluding hydrogens is 368 g/mol. The normalized spacial score (nSPS) is 17.7. The van der Waals surface area contributed by atoms with Gasteiger partial charge in [0.2, 0.25) is 17.8 Å². The van der Waals surface area contributed by atoms with Crippen LogP contribution in [0.5, 0.6) is 0 Å². The smallest absolute Gasteiger partial charge is 0.246 e. The second kappa shape index (κ2) is 8.73. The minimum absolute atomic E-state index is 0.172. The molecule has 0 spiro atoms. The quantitative estimate of drug-likeness (QED) is 0.811. The summed E-state index contributed by atoms with van der Waals surface area (Å²) in [5.74, 6) is -2.78. The molecule has 1 fully saturated rings. The summed E-state index contributed by atoms with van der Waals surface area (Å²) in [4.78, 5) is 35.4. The number of nitrogens with one attached hydrogen (secondary N) is 2. The van der Waals surface area contributed by atoms with Crippen LogP contribution in [0.15, 0.2) is 36.7 Å². The molecule has 0 saturated carbocycles. The topological polar surface area (TPSA) is 87.2 Å². The molecule has 1 aliphatic heterocycles. The average molecular weight is 389 g/mol. The molecule has 1 aliphatic rings. The van der Waals surface area contributed by atoms with Gasteiger partial charge in [0.15, 0.2) is 11.6 Å². The number of halogens is 2. The highest BCUT2D eigenvalue weighted by Gasteiger charge is 2.30. The Kier molecular flexibility index (Phi) is 6.13. The molecular formula is C19H21F2N5O2. The Hall–Kier alpha value is -3.10. The zero-order valence-corrected chi connectivity index (χ0v) is 15.4. The first-order valence-corrected chi connectivity index (χ1v) is 8.98. The molecule has 28 heavy (non-hydrogen) atoms. The van der Waals surface area contributed by atoms with Crippen molar-refractivity contribution in [3.63, 3.8) is 0 Å². The molecule has 2 unspecified atom stereocenters. The minimum Gasteiger partial charge on any atom is -0.357 e. The highest BCUT2D eigenvalue weighted by molar-refractivity contribution is 5.89. The van der Waals surface area contributed by atoms with Crippen molar-refractivity contribution in [1.29, 1.82) is 0 Å². The standard InChI is InChI=1S/C19H21F2N5O2/c1-22-18(28)16(12-5-6-14(20)15(21)10-12)25-17(27)13-4-2-9-26(11-13)19-23-7-3-8-24-19/h3,5-8,10,13,16H,2,4,9,11H2,1H3,(H,22,28)(H,25,27). The van der Waals surface area contributed by atoms with E-state index in [4.69, 9.17) is 0 Å². The molecule has 2 amide bonds. The Morgan fingerprint density at radius 1 is 1.21 bits per heavy atom. The molecule has 9 heteroatoms. The fourth-order valence-corrected chi connectivity index (χ4v) is 3.22. The van der Waals surface area contributed by atoms with Crippen molar-refractivity contribution < 1.29 is 18.4 Å². The first kappa shape index (κ1) is 19.7. The first-order chi connectivity index (χ1) is 13.5. The largest absolute Gasteiger partial charge is 0.357 e. The number of rotatable bonds is 5. The third kappa shape index (κ3) is 4.41. The van der Waals surface area contributed by atoms with Crippen molar-refractivity contribution in [2.75, 3.05) is 25.0 Å². The monoisotopic (exact) mass is 389 g/mol. The van der Waals surface area contributed by atoms with E-state index < -0.39 is 23.6 Å². The molecule has 7 nitrogen and oxygen atoms in total. The van der Waals surface area contributed by atoms with Crippen molar-refractivity contribution >= 4 is 17.8 Å². The molecule has 148 valence electrons. The number of hydrogen-bond acceptors (Lipinski definition) is 5. The van der Waals surface area contributed by atoms with E-state index in [1.807, 2.05) is 4.90 Å². The van der Waals surface area contributed by atoms with Crippen LogP contribution in [-0.4, -0.2) is 41.9 Å². The molecule has 2 N–H and O–H groups in total. The van der Waals surface area contributed by atoms with Crippen LogP contribution in [0.4, 0.5) is 14.7 Å². The molecule has 1 aromatic carbocycles. The molecule has 1 aromatic heterocycles. The predicted octanol–water partition coefficient (Wildman–Crippen LogP) is 1.57. The summed E-state index contributed by atoms with van der Waals surface area (Å²) in [6.07, 6.45) is 4.69. The lowest BCUT2D eigenvalue weighted by Gasteiger charge is -2.32. The number of piperidine rings is 1. The van der Waals surface area contributed by atoms with Gasteiger partial charge in [-0.1, -0.05) is 6.07 Å². The van der Waals surface area contributed by atoms with Crippen molar-refractivity contribution in [1.82, 2.24) is 20.6 Å². The maximum absolute atomic E-state index is 13.6. The number of benzene rings is 1. The Labute approximate surface area is 161 Å². The second-order valence-corrected chi connectivity index (χ2v) is 6.56. The van der Waals surface area contributed by atoms with Gasteiger partial charge in [-0.25, -0.2) is 18.7 Å². The molecule has 2 aromatic rings. The van der Waals surface area contributed by atoms with Gasteiger partial charge >= 0.3 is 0 Å². The molecule has 0 aliphatic carbocycles. The Morgan fingerprint density at radius 2 is 1.96 bits per heavy atom. The van der Waals surface area contributed by atoms with Crippen molar-refractivity contribution in [3.8, 4) is 0 Å². The van der Waals surface area contributed by atoms with Crippen LogP contribution in [0.2, 0.25) is 0 Å². The van der Waals surface area contributed by atoms with Crippen LogP contribution in [0.25, 0.3) is 0 Å². The fraction of sp³-hybridized carbons (Fsp3) is 0.368. The van der Waals surface area contributed by atoms with Crippen LogP contribution in [-0.2, 0) is 9.59 Å². The number of likely N-dealkylation sites (N-methyl/N-ethyl adjacent to an activating group) is 1. The van der Waals surface area contributed by atoms with E-state index in [-0.39, 0.29) is 17.4 Å². The van der Waals surface area contributed by atoms with E-state index >= 15 is 0 Å². The zero-order valence-electron chi connectivity index (χ0n) is 15.4. The second-order valence-electron chi connectivity index (χ2n) is 6.56. The number of carbonyl (C=O) groups excluding carboxylic acids is 2. The summed E-state index contributed by atoms with van der Waals surface area (Å²) < 4.78 is 26.8. The molecule has 2 heterocycles. The Morgan fingerprint density at radius 3 is 2.64 bits per heavy atom. The minimum atomic E-state index is -1.11. The first-order valence-electron chi connectivity index (χ1n) is 8.98. The van der Waals surface area contributed by atoms with Gasteiger partial charge in [-0.05, 0) is 36.6 Å². The van der Waals surface area contributed by atoms with Crippen LogP contribution < -0.4 is 15.5 Å². The van der Waals surface area contributed by atoms with Crippen LogP contribution in [0, 0.1) is 17.6 Å². The summed E-state index contributed by atoms with van der Waals surface area (Å²) in [6.45, 7) is 1.14. The van der Waals surface area contributed by atoms with Gasteiger partial charge in [0.05, 0.1) is 5.92 Å². The van der Waals surface area contributed by atoms with E-state index in [1.165, 1.54) is 13.1 Å². The van der Waals surface area contributed by atoms with E-state index in [1.54, 1.807) is 18.5 Å². The molecule has 3 rings (SSSR count). The molecule has 2 atom stereocenters. The summed E-state index contributed by atoms with van der Waals surface area (Å²) in [7, 11) is 1.41. The predicted molar refractivity (Wildman–Crippen MR) is 98.3 cm³/mol. The summed E-state index contributed by atoms with van der Waals surface area (Å²) >= 11 is 0. The van der Waals surface area contributed by atoms with Gasteiger partial charge in [-0.15, -0.1) is 0 Å². The fourth-order valence-electron chi connectivity index (χ4n) is 3.22. The van der Waals surface area contributed by atoms with E-state index in [0.29, 0.717) is 18.9 Å². The Bertz CT molecular complexity index is 849. The Balaban J connectivity index is 1.74. The van der Waals surface area contributed by atoms with E-state index in [0.717, 1.165) is 25.1 Å². The van der Waals surface area contributed by atoms with Crippen LogP contribution in [0.3, 0.4) is 0 Å². The summed E-state index contributed by atoms with van der Waals surface area (Å²) in [5, 5.41) is 5.11. The van der Waals surface area contributed by atoms with Crippen molar-refractivity contribution in [3.05, 3.63) is 53.9 Å². The van der Waals surface area contributed by atoms with Gasteiger partial charge in [0.25, 0.3) is 0 Å². The number of amides is 2. The number of nitrogens with zero attached hydrogens (tertiary/aromatic N) is 3. The highest BCUT2D eigenvalue weighted by atomic mass is 19.2. The molecule has 0 radical (unpaired) electrons.